The van der Waals surface area contributed by atoms with Crippen molar-refractivity contribution in [3.8, 4) is 17.3 Å². The fourth-order valence-electron chi connectivity index (χ4n) is 3.66. The molecule has 0 aliphatic heterocycles. The van der Waals surface area contributed by atoms with Crippen LogP contribution in [0.25, 0.3) is 22.3 Å². The maximum absolute atomic E-state index is 13.4. The Morgan fingerprint density at radius 3 is 2.53 bits per heavy atom. The van der Waals surface area contributed by atoms with Crippen molar-refractivity contribution >= 4 is 22.7 Å². The summed E-state index contributed by atoms with van der Waals surface area (Å²) < 4.78 is 13.4. The molecule has 1 atom stereocenters. The number of aromatic nitrogens is 2. The zero-order valence-corrected chi connectivity index (χ0v) is 17.4. The third-order valence-corrected chi connectivity index (χ3v) is 5.16. The number of aryl methyl sites for hydroxylation is 1. The van der Waals surface area contributed by atoms with E-state index in [1.807, 2.05) is 26.0 Å². The standard InChI is InChI=1S/C25H19FN4O2/c1-14-11-19(15(2)28-20-6-4-3-5-18(20)25(31)32)24-21(12-14)29-22(13-27)23(30-24)16-7-9-17(26)10-8-16/h3-12,15,28H,1-2H3,(H,31,32)/t15-/m1/s1. The topological polar surface area (TPSA) is 98.9 Å². The van der Waals surface area contributed by atoms with Crippen molar-refractivity contribution in [1.82, 2.24) is 9.97 Å². The number of hydrogen-bond donors (Lipinski definition) is 2. The Balaban J connectivity index is 1.86. The van der Waals surface area contributed by atoms with Gasteiger partial charge in [-0.3, -0.25) is 0 Å². The molecule has 7 heteroatoms. The molecule has 3 aromatic carbocycles. The van der Waals surface area contributed by atoms with Crippen LogP contribution < -0.4 is 5.32 Å². The Kier molecular flexibility index (Phi) is 5.52. The van der Waals surface area contributed by atoms with Gasteiger partial charge in [-0.15, -0.1) is 0 Å². The lowest BCUT2D eigenvalue weighted by molar-refractivity contribution is 0.0698. The van der Waals surface area contributed by atoms with Crippen LogP contribution in [0.2, 0.25) is 0 Å². The Labute approximate surface area is 184 Å². The maximum atomic E-state index is 13.4. The summed E-state index contributed by atoms with van der Waals surface area (Å²) in [4.78, 5) is 20.8. The maximum Gasteiger partial charge on any atom is 0.337 e. The molecule has 0 unspecified atom stereocenters. The SMILES string of the molecule is Cc1cc([C@@H](C)Nc2ccccc2C(=O)O)c2nc(-c3ccc(F)cc3)c(C#N)nc2c1. The molecule has 4 rings (SSSR count). The second-order valence-electron chi connectivity index (χ2n) is 7.48. The van der Waals surface area contributed by atoms with E-state index in [0.717, 1.165) is 11.1 Å². The highest BCUT2D eigenvalue weighted by Crippen LogP contribution is 2.31. The molecule has 2 N–H and O–H groups in total. The molecule has 0 aliphatic rings. The highest BCUT2D eigenvalue weighted by molar-refractivity contribution is 5.94. The fourth-order valence-corrected chi connectivity index (χ4v) is 3.66. The second-order valence-corrected chi connectivity index (χ2v) is 7.48. The van der Waals surface area contributed by atoms with Gasteiger partial charge in [0.2, 0.25) is 0 Å². The molecule has 32 heavy (non-hydrogen) atoms. The number of benzene rings is 3. The number of para-hydroxylation sites is 1. The number of nitrogens with one attached hydrogen (secondary N) is 1. The first-order chi connectivity index (χ1) is 15.4. The Bertz CT molecular complexity index is 1380. The molecule has 0 fully saturated rings. The zero-order chi connectivity index (χ0) is 22.8. The average molecular weight is 426 g/mol. The second kappa shape index (κ2) is 8.44. The number of anilines is 1. The van der Waals surface area contributed by atoms with Crippen molar-refractivity contribution in [3.63, 3.8) is 0 Å². The molecule has 0 saturated carbocycles. The number of aromatic carboxylic acids is 1. The van der Waals surface area contributed by atoms with Gasteiger partial charge in [-0.2, -0.15) is 5.26 Å². The third-order valence-electron chi connectivity index (χ3n) is 5.16. The van der Waals surface area contributed by atoms with Gasteiger partial charge < -0.3 is 10.4 Å². The van der Waals surface area contributed by atoms with Crippen molar-refractivity contribution in [2.75, 3.05) is 5.32 Å². The van der Waals surface area contributed by atoms with E-state index < -0.39 is 5.97 Å². The first kappa shape index (κ1) is 20.9. The molecule has 0 amide bonds. The number of rotatable bonds is 5. The largest absolute Gasteiger partial charge is 0.478 e. The minimum atomic E-state index is -1.02. The fraction of sp³-hybridized carbons (Fsp3) is 0.120. The molecule has 4 aromatic rings. The van der Waals surface area contributed by atoms with Gasteiger partial charge in [-0.25, -0.2) is 19.2 Å². The van der Waals surface area contributed by atoms with Gasteiger partial charge in [0.1, 0.15) is 17.6 Å². The smallest absolute Gasteiger partial charge is 0.337 e. The van der Waals surface area contributed by atoms with Crippen LogP contribution in [0.15, 0.2) is 60.7 Å². The molecule has 0 aliphatic carbocycles. The summed E-state index contributed by atoms with van der Waals surface area (Å²) in [5, 5.41) is 22.4. The molecule has 0 radical (unpaired) electrons. The van der Waals surface area contributed by atoms with Crippen LogP contribution in [0.4, 0.5) is 10.1 Å². The van der Waals surface area contributed by atoms with E-state index >= 15 is 0 Å². The Morgan fingerprint density at radius 2 is 1.84 bits per heavy atom. The summed E-state index contributed by atoms with van der Waals surface area (Å²) in [6.07, 6.45) is 0. The monoisotopic (exact) mass is 426 g/mol. The summed E-state index contributed by atoms with van der Waals surface area (Å²) in [6, 6.07) is 18.0. The summed E-state index contributed by atoms with van der Waals surface area (Å²) in [5.74, 6) is -1.40. The van der Waals surface area contributed by atoms with E-state index in [9.17, 15) is 19.6 Å². The summed E-state index contributed by atoms with van der Waals surface area (Å²) >= 11 is 0. The molecule has 1 heterocycles. The molecule has 0 saturated heterocycles. The predicted octanol–water partition coefficient (Wildman–Crippen LogP) is 5.49. The van der Waals surface area contributed by atoms with Crippen molar-refractivity contribution in [3.05, 3.63) is 88.9 Å². The minimum absolute atomic E-state index is 0.150. The van der Waals surface area contributed by atoms with Crippen LogP contribution in [0.3, 0.4) is 0 Å². The number of hydrogen-bond acceptors (Lipinski definition) is 5. The molecule has 6 nitrogen and oxygen atoms in total. The Hall–Kier alpha value is -4.31. The third kappa shape index (κ3) is 3.98. The van der Waals surface area contributed by atoms with E-state index in [1.54, 1.807) is 30.3 Å². The zero-order valence-electron chi connectivity index (χ0n) is 17.4. The first-order valence-corrected chi connectivity index (χ1v) is 9.94. The summed E-state index contributed by atoms with van der Waals surface area (Å²) in [6.45, 7) is 3.83. The molecular formula is C25H19FN4O2. The van der Waals surface area contributed by atoms with E-state index in [2.05, 4.69) is 16.4 Å². The van der Waals surface area contributed by atoms with Crippen molar-refractivity contribution in [2.24, 2.45) is 0 Å². The van der Waals surface area contributed by atoms with Gasteiger partial charge in [-0.1, -0.05) is 18.2 Å². The van der Waals surface area contributed by atoms with E-state index in [1.165, 1.54) is 18.2 Å². The van der Waals surface area contributed by atoms with E-state index in [0.29, 0.717) is 28.0 Å². The number of fused-ring (bicyclic) bond motifs is 1. The van der Waals surface area contributed by atoms with Gasteiger partial charge in [-0.05, 0) is 61.9 Å². The number of carbonyl (C=O) groups is 1. The number of halogens is 1. The number of carboxylic acids is 1. The van der Waals surface area contributed by atoms with Crippen molar-refractivity contribution < 1.29 is 14.3 Å². The highest BCUT2D eigenvalue weighted by atomic mass is 19.1. The van der Waals surface area contributed by atoms with Crippen LogP contribution in [-0.2, 0) is 0 Å². The van der Waals surface area contributed by atoms with Gasteiger partial charge in [0.05, 0.1) is 22.6 Å². The van der Waals surface area contributed by atoms with Crippen LogP contribution >= 0.6 is 0 Å². The highest BCUT2D eigenvalue weighted by Gasteiger charge is 2.18. The predicted molar refractivity (Wildman–Crippen MR) is 120 cm³/mol. The van der Waals surface area contributed by atoms with Gasteiger partial charge >= 0.3 is 5.97 Å². The lowest BCUT2D eigenvalue weighted by Crippen LogP contribution is -2.12. The summed E-state index contributed by atoms with van der Waals surface area (Å²) in [7, 11) is 0. The molecular weight excluding hydrogens is 407 g/mol. The molecule has 0 bridgehead atoms. The number of carboxylic acid groups (broad SMARTS) is 1. The van der Waals surface area contributed by atoms with Crippen molar-refractivity contribution in [1.29, 1.82) is 5.26 Å². The van der Waals surface area contributed by atoms with E-state index in [-0.39, 0.29) is 23.1 Å². The van der Waals surface area contributed by atoms with Crippen LogP contribution in [0.1, 0.15) is 40.1 Å². The molecule has 0 spiro atoms. The average Bonchev–Trinajstić information content (AvgIpc) is 2.78. The Morgan fingerprint density at radius 1 is 1.12 bits per heavy atom. The van der Waals surface area contributed by atoms with Gasteiger partial charge in [0.25, 0.3) is 0 Å². The first-order valence-electron chi connectivity index (χ1n) is 9.94. The van der Waals surface area contributed by atoms with Crippen LogP contribution in [0.5, 0.6) is 0 Å². The minimum Gasteiger partial charge on any atom is -0.478 e. The van der Waals surface area contributed by atoms with Crippen LogP contribution in [0, 0.1) is 24.1 Å². The lowest BCUT2D eigenvalue weighted by atomic mass is 10.0. The van der Waals surface area contributed by atoms with Gasteiger partial charge in [0, 0.05) is 16.8 Å². The van der Waals surface area contributed by atoms with Gasteiger partial charge in [0.15, 0.2) is 5.69 Å². The number of nitrogens with zero attached hydrogens (tertiary/aromatic N) is 3. The lowest BCUT2D eigenvalue weighted by Gasteiger charge is -2.19. The number of nitriles is 1. The van der Waals surface area contributed by atoms with E-state index in [4.69, 9.17) is 4.98 Å². The molecule has 158 valence electrons. The van der Waals surface area contributed by atoms with Crippen molar-refractivity contribution in [2.45, 2.75) is 19.9 Å². The summed E-state index contributed by atoms with van der Waals surface area (Å²) in [5.41, 5.74) is 4.63. The molecule has 1 aromatic heterocycles. The normalized spacial score (nSPS) is 11.7. The quantitative estimate of drug-likeness (QED) is 0.438. The van der Waals surface area contributed by atoms with Crippen LogP contribution in [-0.4, -0.2) is 21.0 Å².